The number of anilines is 1. The normalized spacial score (nSPS) is 10.4. The number of nitro groups is 1. The lowest BCUT2D eigenvalue weighted by atomic mass is 10.2. The Morgan fingerprint density at radius 3 is 2.78 bits per heavy atom. The van der Waals surface area contributed by atoms with Gasteiger partial charge in [-0.05, 0) is 42.8 Å². The number of ether oxygens (including phenoxy) is 1. The van der Waals surface area contributed by atoms with E-state index in [9.17, 15) is 14.9 Å². The fourth-order valence-electron chi connectivity index (χ4n) is 2.37. The second-order valence-electron chi connectivity index (χ2n) is 5.69. The zero-order valence-corrected chi connectivity index (χ0v) is 15.0. The molecule has 0 radical (unpaired) electrons. The van der Waals surface area contributed by atoms with Gasteiger partial charge in [-0.1, -0.05) is 29.8 Å². The molecule has 1 N–H and O–H groups in total. The average molecular weight is 387 g/mol. The number of aryl methyl sites for hydroxylation is 1. The molecule has 0 spiro atoms. The highest BCUT2D eigenvalue weighted by Gasteiger charge is 2.16. The molecule has 27 heavy (non-hydrogen) atoms. The first-order valence-corrected chi connectivity index (χ1v) is 8.34. The quantitative estimate of drug-likeness (QED) is 0.476. The van der Waals surface area contributed by atoms with Gasteiger partial charge in [0, 0.05) is 16.8 Å². The van der Waals surface area contributed by atoms with Crippen LogP contribution in [0.1, 0.15) is 21.9 Å². The van der Waals surface area contributed by atoms with E-state index in [1.54, 1.807) is 36.4 Å². The molecule has 1 amide bonds. The molecule has 7 nitrogen and oxygen atoms in total. The maximum Gasteiger partial charge on any atom is 0.310 e. The fraction of sp³-hybridized carbons (Fsp3) is 0.105. The van der Waals surface area contributed by atoms with Crippen LogP contribution in [0.5, 0.6) is 5.75 Å². The van der Waals surface area contributed by atoms with E-state index >= 15 is 0 Å². The minimum Gasteiger partial charge on any atom is -0.479 e. The van der Waals surface area contributed by atoms with Crippen molar-refractivity contribution in [3.05, 3.63) is 86.8 Å². The largest absolute Gasteiger partial charge is 0.479 e. The number of para-hydroxylation sites is 2. The maximum absolute atomic E-state index is 12.3. The van der Waals surface area contributed by atoms with Crippen LogP contribution < -0.4 is 10.1 Å². The van der Waals surface area contributed by atoms with Gasteiger partial charge < -0.3 is 14.5 Å². The topological polar surface area (TPSA) is 94.6 Å². The molecule has 0 unspecified atom stereocenters. The predicted octanol–water partition coefficient (Wildman–Crippen LogP) is 4.98. The van der Waals surface area contributed by atoms with Crippen LogP contribution in [0, 0.1) is 17.0 Å². The van der Waals surface area contributed by atoms with Crippen LogP contribution in [-0.2, 0) is 6.61 Å². The van der Waals surface area contributed by atoms with Gasteiger partial charge in [-0.2, -0.15) is 0 Å². The van der Waals surface area contributed by atoms with Gasteiger partial charge in [0.15, 0.2) is 11.5 Å². The Kier molecular flexibility index (Phi) is 5.42. The summed E-state index contributed by atoms with van der Waals surface area (Å²) in [6.45, 7) is 1.80. The first-order valence-electron chi connectivity index (χ1n) is 7.96. The Balaban J connectivity index is 1.67. The van der Waals surface area contributed by atoms with Gasteiger partial charge in [0.05, 0.1) is 4.92 Å². The number of nitrogens with one attached hydrogen (secondary N) is 1. The molecular formula is C19H15ClN2O5. The molecule has 0 bridgehead atoms. The molecule has 3 rings (SSSR count). The molecule has 3 aromatic rings. The molecule has 0 saturated heterocycles. The van der Waals surface area contributed by atoms with Crippen molar-refractivity contribution < 1.29 is 18.9 Å². The van der Waals surface area contributed by atoms with Gasteiger partial charge in [0.25, 0.3) is 5.91 Å². The highest BCUT2D eigenvalue weighted by molar-refractivity contribution is 6.31. The van der Waals surface area contributed by atoms with Crippen molar-refractivity contribution >= 4 is 28.9 Å². The van der Waals surface area contributed by atoms with Crippen LogP contribution in [0.4, 0.5) is 11.4 Å². The standard InChI is InChI=1S/C19H15ClN2O5/c1-12-6-7-13(20)10-15(12)21-19(23)18-9-8-14(27-18)11-26-17-5-3-2-4-16(17)22(24)25/h2-10H,11H2,1H3,(H,21,23). The maximum atomic E-state index is 12.3. The fourth-order valence-corrected chi connectivity index (χ4v) is 2.54. The summed E-state index contributed by atoms with van der Waals surface area (Å²) in [7, 11) is 0. The van der Waals surface area contributed by atoms with Crippen molar-refractivity contribution in [3.8, 4) is 5.75 Å². The minimum absolute atomic E-state index is 0.0473. The second-order valence-corrected chi connectivity index (χ2v) is 6.13. The first kappa shape index (κ1) is 18.5. The highest BCUT2D eigenvalue weighted by atomic mass is 35.5. The van der Waals surface area contributed by atoms with Gasteiger partial charge >= 0.3 is 5.69 Å². The van der Waals surface area contributed by atoms with Gasteiger partial charge in [0.1, 0.15) is 12.4 Å². The predicted molar refractivity (Wildman–Crippen MR) is 100 cm³/mol. The summed E-state index contributed by atoms with van der Waals surface area (Å²) in [6, 6.07) is 14.3. The first-order chi connectivity index (χ1) is 12.9. The van der Waals surface area contributed by atoms with Crippen LogP contribution in [0.2, 0.25) is 5.02 Å². The smallest absolute Gasteiger partial charge is 0.310 e. The lowest BCUT2D eigenvalue weighted by Crippen LogP contribution is -2.11. The number of benzene rings is 2. The summed E-state index contributed by atoms with van der Waals surface area (Å²) < 4.78 is 10.9. The van der Waals surface area contributed by atoms with Crippen molar-refractivity contribution in [1.82, 2.24) is 0 Å². The van der Waals surface area contributed by atoms with E-state index in [1.807, 2.05) is 6.92 Å². The second kappa shape index (κ2) is 7.92. The van der Waals surface area contributed by atoms with Crippen LogP contribution in [0.15, 0.2) is 59.0 Å². The molecule has 0 fully saturated rings. The number of furan rings is 1. The van der Waals surface area contributed by atoms with E-state index in [0.717, 1.165) is 5.56 Å². The molecule has 0 aliphatic rings. The average Bonchev–Trinajstić information content (AvgIpc) is 3.12. The van der Waals surface area contributed by atoms with Crippen molar-refractivity contribution in [3.63, 3.8) is 0 Å². The molecule has 0 atom stereocenters. The Morgan fingerprint density at radius 1 is 1.22 bits per heavy atom. The summed E-state index contributed by atoms with van der Waals surface area (Å²) in [4.78, 5) is 22.8. The monoisotopic (exact) mass is 386 g/mol. The molecule has 0 aliphatic carbocycles. The molecule has 138 valence electrons. The lowest BCUT2D eigenvalue weighted by Gasteiger charge is -2.07. The van der Waals surface area contributed by atoms with E-state index in [0.29, 0.717) is 16.5 Å². The number of hydrogen-bond acceptors (Lipinski definition) is 5. The molecular weight excluding hydrogens is 372 g/mol. The van der Waals surface area contributed by atoms with E-state index < -0.39 is 10.8 Å². The number of carbonyl (C=O) groups excluding carboxylic acids is 1. The number of carbonyl (C=O) groups is 1. The number of nitrogens with zero attached hydrogens (tertiary/aromatic N) is 1. The molecule has 0 saturated carbocycles. The molecule has 1 heterocycles. The van der Waals surface area contributed by atoms with Crippen molar-refractivity contribution in [2.45, 2.75) is 13.5 Å². The Morgan fingerprint density at radius 2 is 2.00 bits per heavy atom. The summed E-state index contributed by atoms with van der Waals surface area (Å²) in [5, 5.41) is 14.2. The summed E-state index contributed by atoms with van der Waals surface area (Å²) in [5.74, 6) is 0.147. The Hall–Kier alpha value is -3.32. The number of rotatable bonds is 6. The minimum atomic E-state index is -0.524. The lowest BCUT2D eigenvalue weighted by molar-refractivity contribution is -0.386. The van der Waals surface area contributed by atoms with Gasteiger partial charge in [-0.15, -0.1) is 0 Å². The SMILES string of the molecule is Cc1ccc(Cl)cc1NC(=O)c1ccc(COc2ccccc2[N+](=O)[O-])o1. The number of amides is 1. The summed E-state index contributed by atoms with van der Waals surface area (Å²) in [6.07, 6.45) is 0. The van der Waals surface area contributed by atoms with Crippen LogP contribution in [-0.4, -0.2) is 10.8 Å². The highest BCUT2D eigenvalue weighted by Crippen LogP contribution is 2.27. The van der Waals surface area contributed by atoms with E-state index in [1.165, 1.54) is 18.2 Å². The number of hydrogen-bond donors (Lipinski definition) is 1. The van der Waals surface area contributed by atoms with Gasteiger partial charge in [0.2, 0.25) is 0 Å². The number of halogens is 1. The third-order valence-electron chi connectivity index (χ3n) is 3.77. The molecule has 0 aliphatic heterocycles. The Bertz CT molecular complexity index is 999. The van der Waals surface area contributed by atoms with E-state index in [2.05, 4.69) is 5.32 Å². The van der Waals surface area contributed by atoms with E-state index in [-0.39, 0.29) is 23.8 Å². The molecule has 1 aromatic heterocycles. The summed E-state index contributed by atoms with van der Waals surface area (Å²) >= 11 is 5.95. The van der Waals surface area contributed by atoms with Crippen molar-refractivity contribution in [2.75, 3.05) is 5.32 Å². The van der Waals surface area contributed by atoms with E-state index in [4.69, 9.17) is 20.8 Å². The van der Waals surface area contributed by atoms with Crippen LogP contribution >= 0.6 is 11.6 Å². The Labute approximate surface area is 159 Å². The zero-order valence-electron chi connectivity index (χ0n) is 14.3. The number of nitro benzene ring substituents is 1. The van der Waals surface area contributed by atoms with Crippen molar-refractivity contribution in [2.24, 2.45) is 0 Å². The summed E-state index contributed by atoms with van der Waals surface area (Å²) in [5.41, 5.74) is 1.30. The molecule has 2 aromatic carbocycles. The molecule has 8 heteroatoms. The zero-order chi connectivity index (χ0) is 19.4. The van der Waals surface area contributed by atoms with Crippen molar-refractivity contribution in [1.29, 1.82) is 0 Å². The van der Waals surface area contributed by atoms with Gasteiger partial charge in [-0.3, -0.25) is 14.9 Å². The third kappa shape index (κ3) is 4.45. The van der Waals surface area contributed by atoms with Crippen LogP contribution in [0.25, 0.3) is 0 Å². The third-order valence-corrected chi connectivity index (χ3v) is 4.00. The van der Waals surface area contributed by atoms with Crippen LogP contribution in [0.3, 0.4) is 0 Å². The van der Waals surface area contributed by atoms with Gasteiger partial charge in [-0.25, -0.2) is 0 Å².